The van der Waals surface area contributed by atoms with Gasteiger partial charge in [0.1, 0.15) is 0 Å². The Hall–Kier alpha value is -6.32. The van der Waals surface area contributed by atoms with E-state index in [0.29, 0.717) is 11.1 Å². The van der Waals surface area contributed by atoms with Crippen LogP contribution in [-0.4, -0.2) is 12.1 Å². The van der Waals surface area contributed by atoms with E-state index < -0.39 is 0 Å². The standard InChI is InChI=1S/C47H35NO2/c1-47(2)43-18-10-8-17-41(43)42-26-25-38(30-44(42)47)48(45-19-11-9-15-39(45)33-12-4-3-5-13-33)37-24-23-34-28-32(20-22-35(34)29-37)21-27-46(50)40-16-7-6-14-36(40)31-49/h3-31H,1-2H3. The molecule has 0 saturated carbocycles. The van der Waals surface area contributed by atoms with Crippen molar-refractivity contribution < 1.29 is 9.59 Å². The molecule has 0 fully saturated rings. The van der Waals surface area contributed by atoms with Crippen molar-refractivity contribution in [1.82, 2.24) is 0 Å². The van der Waals surface area contributed by atoms with Crippen molar-refractivity contribution >= 4 is 46.0 Å². The zero-order valence-electron chi connectivity index (χ0n) is 28.0. The number of rotatable bonds is 8. The molecule has 3 nitrogen and oxygen atoms in total. The highest BCUT2D eigenvalue weighted by Gasteiger charge is 2.35. The van der Waals surface area contributed by atoms with Crippen LogP contribution in [0.15, 0.2) is 164 Å². The maximum atomic E-state index is 12.9. The van der Waals surface area contributed by atoms with E-state index in [1.165, 1.54) is 28.3 Å². The molecule has 0 amide bonds. The summed E-state index contributed by atoms with van der Waals surface area (Å²) in [6, 6.07) is 54.5. The first-order chi connectivity index (χ1) is 24.4. The molecule has 0 heterocycles. The first kappa shape index (κ1) is 31.0. The molecule has 0 bridgehead atoms. The Labute approximate surface area is 292 Å². The summed E-state index contributed by atoms with van der Waals surface area (Å²) in [7, 11) is 0. The number of nitrogens with zero attached hydrogens (tertiary/aromatic N) is 1. The molecule has 0 spiro atoms. The Bertz CT molecular complexity index is 2450. The number of benzene rings is 7. The maximum Gasteiger partial charge on any atom is 0.186 e. The molecule has 0 aliphatic heterocycles. The normalized spacial score (nSPS) is 12.8. The number of carbonyl (C=O) groups is 2. The van der Waals surface area contributed by atoms with Gasteiger partial charge in [0, 0.05) is 33.5 Å². The second kappa shape index (κ2) is 12.6. The van der Waals surface area contributed by atoms with E-state index in [1.54, 1.807) is 24.3 Å². The number of ketones is 1. The van der Waals surface area contributed by atoms with Gasteiger partial charge in [-0.05, 0) is 86.6 Å². The van der Waals surface area contributed by atoms with Gasteiger partial charge in [-0.3, -0.25) is 9.59 Å². The summed E-state index contributed by atoms with van der Waals surface area (Å²) in [6.07, 6.45) is 4.07. The lowest BCUT2D eigenvalue weighted by molar-refractivity contribution is 0.103. The number of allylic oxidation sites excluding steroid dienone is 1. The largest absolute Gasteiger partial charge is 0.310 e. The Morgan fingerprint density at radius 2 is 1.22 bits per heavy atom. The van der Waals surface area contributed by atoms with Crippen LogP contribution in [0.1, 0.15) is 51.3 Å². The summed E-state index contributed by atoms with van der Waals surface area (Å²) >= 11 is 0. The maximum absolute atomic E-state index is 12.9. The molecule has 0 unspecified atom stereocenters. The molecule has 7 aromatic carbocycles. The highest BCUT2D eigenvalue weighted by atomic mass is 16.1. The van der Waals surface area contributed by atoms with E-state index in [0.717, 1.165) is 50.8 Å². The molecule has 0 aromatic heterocycles. The molecule has 0 saturated heterocycles. The van der Waals surface area contributed by atoms with Gasteiger partial charge in [0.25, 0.3) is 0 Å². The zero-order chi connectivity index (χ0) is 34.2. The monoisotopic (exact) mass is 645 g/mol. The fraction of sp³-hybridized carbons (Fsp3) is 0.0638. The zero-order valence-corrected chi connectivity index (χ0v) is 28.0. The number of hydrogen-bond donors (Lipinski definition) is 0. The Kier molecular flexibility index (Phi) is 7.81. The lowest BCUT2D eigenvalue weighted by atomic mass is 9.82. The number of fused-ring (bicyclic) bond motifs is 4. The van der Waals surface area contributed by atoms with Gasteiger partial charge in [-0.15, -0.1) is 0 Å². The van der Waals surface area contributed by atoms with Crippen LogP contribution in [0.25, 0.3) is 39.1 Å². The number of para-hydroxylation sites is 1. The van der Waals surface area contributed by atoms with Crippen molar-refractivity contribution in [3.63, 3.8) is 0 Å². The van der Waals surface area contributed by atoms with E-state index in [1.807, 2.05) is 12.1 Å². The molecule has 8 rings (SSSR count). The van der Waals surface area contributed by atoms with Gasteiger partial charge >= 0.3 is 0 Å². The van der Waals surface area contributed by atoms with Gasteiger partial charge in [0.2, 0.25) is 0 Å². The first-order valence-corrected chi connectivity index (χ1v) is 16.9. The van der Waals surface area contributed by atoms with Gasteiger partial charge in [-0.2, -0.15) is 0 Å². The molecule has 0 atom stereocenters. The average Bonchev–Trinajstić information content (AvgIpc) is 3.40. The second-order valence-electron chi connectivity index (χ2n) is 13.3. The minimum Gasteiger partial charge on any atom is -0.310 e. The fourth-order valence-corrected chi connectivity index (χ4v) is 7.37. The van der Waals surface area contributed by atoms with Crippen molar-refractivity contribution in [2.45, 2.75) is 19.3 Å². The summed E-state index contributed by atoms with van der Waals surface area (Å²) in [5.41, 5.74) is 12.4. The van der Waals surface area contributed by atoms with E-state index in [-0.39, 0.29) is 11.2 Å². The average molecular weight is 646 g/mol. The highest BCUT2D eigenvalue weighted by molar-refractivity contribution is 6.11. The van der Waals surface area contributed by atoms with Crippen molar-refractivity contribution in [2.24, 2.45) is 0 Å². The molecule has 1 aliphatic carbocycles. The third-order valence-electron chi connectivity index (χ3n) is 9.94. The number of carbonyl (C=O) groups excluding carboxylic acids is 2. The molecule has 50 heavy (non-hydrogen) atoms. The predicted octanol–water partition coefficient (Wildman–Crippen LogP) is 12.0. The fourth-order valence-electron chi connectivity index (χ4n) is 7.37. The minimum absolute atomic E-state index is 0.128. The molecule has 0 N–H and O–H groups in total. The summed E-state index contributed by atoms with van der Waals surface area (Å²) in [5.74, 6) is -0.198. The van der Waals surface area contributed by atoms with Gasteiger partial charge in [-0.1, -0.05) is 141 Å². The van der Waals surface area contributed by atoms with Gasteiger partial charge in [0.15, 0.2) is 12.1 Å². The summed E-state index contributed by atoms with van der Waals surface area (Å²) in [6.45, 7) is 4.64. The second-order valence-corrected chi connectivity index (χ2v) is 13.3. The number of aldehydes is 1. The minimum atomic E-state index is -0.198. The van der Waals surface area contributed by atoms with Crippen LogP contribution in [0.3, 0.4) is 0 Å². The third-order valence-corrected chi connectivity index (χ3v) is 9.94. The topological polar surface area (TPSA) is 37.4 Å². The molecular formula is C47H35NO2. The van der Waals surface area contributed by atoms with Crippen molar-refractivity contribution in [3.05, 3.63) is 192 Å². The Morgan fingerprint density at radius 3 is 2.06 bits per heavy atom. The predicted molar refractivity (Wildman–Crippen MR) is 207 cm³/mol. The van der Waals surface area contributed by atoms with Crippen LogP contribution in [-0.2, 0) is 5.41 Å². The van der Waals surface area contributed by atoms with E-state index >= 15 is 0 Å². The molecule has 1 aliphatic rings. The smallest absolute Gasteiger partial charge is 0.186 e. The molecule has 0 radical (unpaired) electrons. The lowest BCUT2D eigenvalue weighted by Crippen LogP contribution is -2.16. The first-order valence-electron chi connectivity index (χ1n) is 16.9. The van der Waals surface area contributed by atoms with E-state index in [2.05, 4.69) is 146 Å². The van der Waals surface area contributed by atoms with Gasteiger partial charge in [-0.25, -0.2) is 0 Å². The van der Waals surface area contributed by atoms with Crippen LogP contribution >= 0.6 is 0 Å². The van der Waals surface area contributed by atoms with Gasteiger partial charge < -0.3 is 4.90 Å². The quantitative estimate of drug-likeness (QED) is 0.0937. The van der Waals surface area contributed by atoms with Crippen molar-refractivity contribution in [3.8, 4) is 22.3 Å². The van der Waals surface area contributed by atoms with Crippen LogP contribution in [0.2, 0.25) is 0 Å². The van der Waals surface area contributed by atoms with Crippen molar-refractivity contribution in [1.29, 1.82) is 0 Å². The summed E-state index contributed by atoms with van der Waals surface area (Å²) < 4.78 is 0. The Morgan fingerprint density at radius 1 is 0.580 bits per heavy atom. The van der Waals surface area contributed by atoms with Gasteiger partial charge in [0.05, 0.1) is 5.69 Å². The highest BCUT2D eigenvalue weighted by Crippen LogP contribution is 2.51. The van der Waals surface area contributed by atoms with Crippen LogP contribution in [0.4, 0.5) is 17.1 Å². The summed E-state index contributed by atoms with van der Waals surface area (Å²) in [4.78, 5) is 26.7. The van der Waals surface area contributed by atoms with Crippen LogP contribution in [0, 0.1) is 0 Å². The SMILES string of the molecule is CC1(C)c2ccccc2-c2ccc(N(c3ccc4cc(C=CC(=O)c5ccccc5C=O)ccc4c3)c3ccccc3-c3ccccc3)cc21. The number of hydrogen-bond acceptors (Lipinski definition) is 3. The number of anilines is 3. The van der Waals surface area contributed by atoms with Crippen molar-refractivity contribution in [2.75, 3.05) is 4.90 Å². The summed E-state index contributed by atoms with van der Waals surface area (Å²) in [5, 5.41) is 2.16. The van der Waals surface area contributed by atoms with E-state index in [4.69, 9.17) is 0 Å². The Balaban J connectivity index is 1.22. The van der Waals surface area contributed by atoms with Crippen LogP contribution in [0.5, 0.6) is 0 Å². The molecule has 7 aromatic rings. The molecule has 3 heteroatoms. The molecule has 240 valence electrons. The third kappa shape index (κ3) is 5.43. The molecular weight excluding hydrogens is 611 g/mol. The van der Waals surface area contributed by atoms with Crippen LogP contribution < -0.4 is 4.90 Å². The lowest BCUT2D eigenvalue weighted by Gasteiger charge is -2.30. The van der Waals surface area contributed by atoms with E-state index in [9.17, 15) is 9.59 Å².